The molecule has 110 heavy (non-hydrogen) atoms. The van der Waals surface area contributed by atoms with E-state index in [0.29, 0.717) is 23.3 Å². The topological polar surface area (TPSA) is 458 Å². The number of fused-ring (bicyclic) bond motifs is 10. The van der Waals surface area contributed by atoms with Crippen LogP contribution in [0.25, 0.3) is 65.2 Å². The molecule has 4 fully saturated rings. The van der Waals surface area contributed by atoms with Crippen molar-refractivity contribution in [3.63, 3.8) is 0 Å². The smallest absolute Gasteiger partial charge is 0.490 e. The monoisotopic (exact) mass is 1580 g/mol. The summed E-state index contributed by atoms with van der Waals surface area (Å²) in [7, 11) is 3.25. The number of carboxylic acids is 4. The average molecular weight is 1580 g/mol. The van der Waals surface area contributed by atoms with Crippen molar-refractivity contribution >= 4 is 101 Å². The number of halogens is 12. The number of aromatic amines is 2. The largest absolute Gasteiger partial charge is 0.542 e. The van der Waals surface area contributed by atoms with Crippen molar-refractivity contribution in [2.75, 3.05) is 66.7 Å². The molecule has 0 bridgehead atoms. The molecule has 14 N–H and O–H groups in total. The fourth-order valence-corrected chi connectivity index (χ4v) is 13.2. The lowest BCUT2D eigenvalue weighted by atomic mass is 9.79. The van der Waals surface area contributed by atoms with Gasteiger partial charge in [0.1, 0.15) is 60.1 Å². The van der Waals surface area contributed by atoms with E-state index in [1.807, 2.05) is 48.5 Å². The highest BCUT2D eigenvalue weighted by Crippen LogP contribution is 2.40. The van der Waals surface area contributed by atoms with E-state index >= 15 is 0 Å². The molecule has 8 aromatic rings. The van der Waals surface area contributed by atoms with Crippen molar-refractivity contribution in [3.8, 4) is 11.5 Å². The number of benzene rings is 4. The summed E-state index contributed by atoms with van der Waals surface area (Å²) in [5.41, 5.74) is 4.80. The van der Waals surface area contributed by atoms with Gasteiger partial charge in [-0.05, 0) is 134 Å². The lowest BCUT2D eigenvalue weighted by Gasteiger charge is -2.39. The Hall–Kier alpha value is -9.60. The first kappa shape index (κ1) is 86.0. The van der Waals surface area contributed by atoms with Gasteiger partial charge in [-0.1, -0.05) is 0 Å². The number of likely N-dealkylation sites (tertiary alicyclic amines) is 2. The highest BCUT2D eigenvalue weighted by molar-refractivity contribution is 6.22. The molecule has 30 nitrogen and oxygen atoms in total. The number of amides is 2. The number of hydrogen-bond acceptors (Lipinski definition) is 22. The molecule has 4 aliphatic rings. The molecule has 4 aromatic carbocycles. The highest BCUT2D eigenvalue weighted by Gasteiger charge is 2.59. The number of piperidine rings is 2. The molecule has 0 spiro atoms. The minimum atomic E-state index is -5.19. The first-order valence-electron chi connectivity index (χ1n) is 33.2. The molecule has 2 amide bonds. The van der Waals surface area contributed by atoms with Crippen molar-refractivity contribution in [2.24, 2.45) is 11.8 Å². The Balaban J connectivity index is 0.000000462. The number of nitrogens with one attached hydrogen (secondary N) is 4. The number of carbonyl (C=O) groups excluding carboxylic acids is 4. The molecule has 4 aliphatic heterocycles. The molecule has 8 unspecified atom stereocenters. The van der Waals surface area contributed by atoms with Gasteiger partial charge in [0.2, 0.25) is 0 Å². The van der Waals surface area contributed by atoms with E-state index in [-0.39, 0.29) is 13.1 Å². The van der Waals surface area contributed by atoms with Crippen molar-refractivity contribution in [2.45, 2.75) is 125 Å². The number of aliphatic hydroxyl groups is 8. The van der Waals surface area contributed by atoms with Crippen LogP contribution in [0.3, 0.4) is 0 Å². The number of H-pyrrole nitrogens is 2. The second-order valence-corrected chi connectivity index (χ2v) is 25.9. The molecule has 42 heteroatoms. The van der Waals surface area contributed by atoms with E-state index in [1.165, 1.54) is 25.7 Å². The van der Waals surface area contributed by atoms with Crippen LogP contribution in [0.2, 0.25) is 0 Å². The van der Waals surface area contributed by atoms with Gasteiger partial charge in [0.25, 0.3) is 23.4 Å². The predicted molar refractivity (Wildman–Crippen MR) is 349 cm³/mol. The van der Waals surface area contributed by atoms with Crippen LogP contribution in [-0.4, -0.2) is 246 Å². The molecule has 8 atom stereocenters. The first-order chi connectivity index (χ1) is 51.4. The van der Waals surface area contributed by atoms with Crippen LogP contribution in [-0.2, 0) is 64.4 Å². The van der Waals surface area contributed by atoms with Gasteiger partial charge < -0.3 is 110 Å². The minimum absolute atomic E-state index is 0.0313. The summed E-state index contributed by atoms with van der Waals surface area (Å²) >= 11 is 0. The van der Waals surface area contributed by atoms with Crippen molar-refractivity contribution in [3.05, 3.63) is 96.6 Å². The molecule has 12 rings (SSSR count). The van der Waals surface area contributed by atoms with E-state index < -0.39 is 122 Å². The third-order valence-corrected chi connectivity index (χ3v) is 18.9. The summed E-state index contributed by atoms with van der Waals surface area (Å²) in [4.78, 5) is 74.2. The van der Waals surface area contributed by atoms with Crippen molar-refractivity contribution in [1.29, 1.82) is 0 Å². The summed E-state index contributed by atoms with van der Waals surface area (Å²) in [6.07, 6.45) is -17.2. The van der Waals surface area contributed by atoms with Gasteiger partial charge in [-0.3, -0.25) is 19.4 Å². The maximum atomic E-state index is 13.3. The quantitative estimate of drug-likeness (QED) is 0.0440. The number of ether oxygens (including phenoxy) is 4. The summed E-state index contributed by atoms with van der Waals surface area (Å²) in [6, 6.07) is 19.8. The van der Waals surface area contributed by atoms with Gasteiger partial charge in [0.15, 0.2) is 37.9 Å². The molecule has 8 heterocycles. The van der Waals surface area contributed by atoms with E-state index in [0.717, 1.165) is 129 Å². The number of aliphatic hydroxyl groups excluding tert-OH is 6. The molecule has 4 aromatic heterocycles. The maximum Gasteiger partial charge on any atom is 0.490 e. The zero-order valence-electron chi connectivity index (χ0n) is 57.7. The molecule has 0 radical (unpaired) electrons. The number of hydrogen-bond donors (Lipinski definition) is 14. The minimum Gasteiger partial charge on any atom is -0.542 e. The normalized spacial score (nSPS) is 22.3. The van der Waals surface area contributed by atoms with E-state index in [4.69, 9.17) is 58.6 Å². The van der Waals surface area contributed by atoms with Gasteiger partial charge in [0, 0.05) is 57.8 Å². The number of aliphatic carboxylic acids is 4. The fourth-order valence-electron chi connectivity index (χ4n) is 13.2. The van der Waals surface area contributed by atoms with Gasteiger partial charge in [0.05, 0.1) is 62.3 Å². The van der Waals surface area contributed by atoms with Gasteiger partial charge >= 0.3 is 36.6 Å². The maximum absolute atomic E-state index is 13.3. The SMILES string of the molecule is COc1ccc2[nH]c3c(CNC(=O)C4(O)OC(CO)C(O)C4O)cc4cc[n+](CCN5CCC(C6CCN(CC[n+]7ccc8cc(CNC(=O)C9(O)OC(CO)C(O)C9O)c9[nH]c%10ccc(OC)cc%10c9c8c7)CC6)CC5)cc4c3c2c1.O=C(O)C(F)(F)F.O=C(O)C(F)(F)F.O=C([O-])C(F)(F)F.O=C([O-])C(F)(F)F. The molecule has 0 aliphatic carbocycles. The number of pyridine rings is 2. The summed E-state index contributed by atoms with van der Waals surface area (Å²) in [5.74, 6) is -16.3. The molecular weight excluding hydrogens is 1510 g/mol. The zero-order chi connectivity index (χ0) is 81.5. The highest BCUT2D eigenvalue weighted by atomic mass is 19.4. The van der Waals surface area contributed by atoms with Crippen LogP contribution >= 0.6 is 0 Å². The van der Waals surface area contributed by atoms with Crippen molar-refractivity contribution < 1.29 is 171 Å². The second kappa shape index (κ2) is 34.8. The summed E-state index contributed by atoms with van der Waals surface area (Å²) < 4.78 is 153. The van der Waals surface area contributed by atoms with E-state index in [9.17, 15) is 103 Å². The van der Waals surface area contributed by atoms with E-state index in [1.54, 1.807) is 14.2 Å². The Morgan fingerprint density at radius 1 is 0.536 bits per heavy atom. The van der Waals surface area contributed by atoms with Crippen molar-refractivity contribution in [1.82, 2.24) is 30.4 Å². The third kappa shape index (κ3) is 19.9. The van der Waals surface area contributed by atoms with Crippen LogP contribution in [0, 0.1) is 11.8 Å². The molecular formula is C68H74F12N8O22. The standard InChI is InChI=1S/C60H70N8O14.4C2HF3O2/c1-79-39-3-5-45-41(25-39)49-43-29-67(17-11-35(43)23-37(51(49)63-45)27-61-57(75)59(77)55(73)53(71)47(31-69)81-59)21-19-65-13-7-33(8-14-65)34-9-15-66(16-10-34)20-22-68-18-12-36-24-38(28-62-58(76)60(78)56(74)54(72)48(32-70)82-60)52-50(44(36)30-68)42-26-40(80-2)4-6-46(42)64-52;4*3-2(4,5)1(6)7/h3-6,11-12,17-18,23-26,29-30,33-34,47-48,53-56,69-74,77-78H,7-10,13-16,19-22,27-28,31-32H2,1-2H3,(H2,61,62,75,76);4*(H,6,7). The number of carboxylic acid groups (broad SMARTS) is 4. The second-order valence-electron chi connectivity index (χ2n) is 25.9. The zero-order valence-corrected chi connectivity index (χ0v) is 57.7. The van der Waals surface area contributed by atoms with Gasteiger partial charge in [-0.2, -0.15) is 52.7 Å². The van der Waals surface area contributed by atoms with E-state index in [2.05, 4.69) is 76.5 Å². The van der Waals surface area contributed by atoms with Gasteiger partial charge in [-0.25, -0.2) is 18.7 Å². The lowest BCUT2D eigenvalue weighted by Crippen LogP contribution is -2.54. The molecule has 0 saturated carbocycles. The Morgan fingerprint density at radius 2 is 0.855 bits per heavy atom. The fraction of sp³-hybridized carbons (Fsp3) is 0.471. The lowest BCUT2D eigenvalue weighted by molar-refractivity contribution is -0.695. The number of nitrogens with zero attached hydrogens (tertiary/aromatic N) is 4. The predicted octanol–water partition coefficient (Wildman–Crippen LogP) is 0.678. The average Bonchev–Trinajstić information content (AvgIpc) is 1.57. The number of rotatable bonds is 17. The van der Waals surface area contributed by atoms with Crippen LogP contribution < -0.4 is 39.5 Å². The van der Waals surface area contributed by atoms with Crippen LogP contribution in [0.1, 0.15) is 36.8 Å². The van der Waals surface area contributed by atoms with Crippen LogP contribution in [0.15, 0.2) is 85.5 Å². The molecule has 4 saturated heterocycles. The Labute approximate surface area is 611 Å². The van der Waals surface area contributed by atoms with Crippen LogP contribution in [0.5, 0.6) is 11.5 Å². The third-order valence-electron chi connectivity index (χ3n) is 18.9. The van der Waals surface area contributed by atoms with Crippen LogP contribution in [0.4, 0.5) is 52.7 Å². The molecule has 602 valence electrons. The number of alkyl halides is 12. The first-order valence-corrected chi connectivity index (χ1v) is 33.2. The number of carbonyl (C=O) groups is 6. The summed E-state index contributed by atoms with van der Waals surface area (Å²) in [6.45, 7) is 6.23. The van der Waals surface area contributed by atoms with Gasteiger partial charge in [-0.15, -0.1) is 0 Å². The Bertz CT molecular complexity index is 4310. The number of aromatic nitrogens is 4. The Morgan fingerprint density at radius 3 is 1.13 bits per heavy atom. The Kier molecular flexibility index (Phi) is 27.2. The summed E-state index contributed by atoms with van der Waals surface area (Å²) in [5, 5.41) is 127. The number of methoxy groups -OCH3 is 2.